The number of piperazine rings is 1. The Balaban J connectivity index is 1.54. The maximum absolute atomic E-state index is 9.18. The summed E-state index contributed by atoms with van der Waals surface area (Å²) in [6.45, 7) is 9.86. The van der Waals surface area contributed by atoms with Gasteiger partial charge in [0.05, 0.1) is 60.9 Å². The summed E-state index contributed by atoms with van der Waals surface area (Å²) >= 11 is 1.70. The fraction of sp³-hybridized carbons (Fsp3) is 0.550. The average Bonchev–Trinajstić information content (AvgIpc) is 3.04. The lowest BCUT2D eigenvalue weighted by Crippen LogP contribution is -3.15. The minimum Gasteiger partial charge on any atom is -0.391 e. The van der Waals surface area contributed by atoms with Crippen molar-refractivity contribution in [3.8, 4) is 0 Å². The van der Waals surface area contributed by atoms with Crippen molar-refractivity contribution in [1.29, 1.82) is 0 Å². The van der Waals surface area contributed by atoms with E-state index in [1.165, 1.54) is 10.5 Å². The molecule has 0 amide bonds. The molecule has 5 rings (SSSR count). The Labute approximate surface area is 168 Å². The van der Waals surface area contributed by atoms with Crippen molar-refractivity contribution < 1.29 is 14.7 Å². The van der Waals surface area contributed by atoms with Crippen molar-refractivity contribution in [1.82, 2.24) is 15.0 Å². The molecular formula is C20H26N5O2S+. The van der Waals surface area contributed by atoms with Gasteiger partial charge in [-0.1, -0.05) is 0 Å². The summed E-state index contributed by atoms with van der Waals surface area (Å²) in [7, 11) is 0. The summed E-state index contributed by atoms with van der Waals surface area (Å²) in [6.07, 6.45) is 2.51. The molecule has 8 heteroatoms. The van der Waals surface area contributed by atoms with E-state index in [1.807, 2.05) is 0 Å². The van der Waals surface area contributed by atoms with Crippen molar-refractivity contribution in [2.24, 2.45) is 0 Å². The van der Waals surface area contributed by atoms with Crippen LogP contribution in [0.3, 0.4) is 0 Å². The molecule has 7 nitrogen and oxygen atoms in total. The summed E-state index contributed by atoms with van der Waals surface area (Å²) < 4.78 is 7.10. The number of aliphatic hydroxyl groups is 1. The fourth-order valence-corrected chi connectivity index (χ4v) is 5.39. The van der Waals surface area contributed by atoms with Gasteiger partial charge in [-0.25, -0.2) is 15.0 Å². The molecule has 2 aliphatic heterocycles. The molecule has 0 spiro atoms. The van der Waals surface area contributed by atoms with Gasteiger partial charge in [-0.3, -0.25) is 0 Å². The van der Waals surface area contributed by atoms with E-state index < -0.39 is 0 Å². The van der Waals surface area contributed by atoms with Crippen LogP contribution < -0.4 is 9.80 Å². The Morgan fingerprint density at radius 2 is 2.11 bits per heavy atom. The third-order valence-electron chi connectivity index (χ3n) is 5.84. The standard InChI is InChI=1S/C20H25N5O2S/c1-20(2)10-15-13(11-27-20)9-14-16-17(28-19(14)23-15)18(22-12-21-16)25-5-3-24(4-6-25)7-8-26/h9,12,26H,3-8,10-11H2,1-2H3/p+1. The van der Waals surface area contributed by atoms with E-state index in [0.717, 1.165) is 71.1 Å². The number of aliphatic hydroxyl groups excluding tert-OH is 1. The van der Waals surface area contributed by atoms with Crippen molar-refractivity contribution in [3.63, 3.8) is 0 Å². The van der Waals surface area contributed by atoms with Crippen molar-refractivity contribution in [2.75, 3.05) is 44.2 Å². The first-order valence-corrected chi connectivity index (χ1v) is 10.7. The summed E-state index contributed by atoms with van der Waals surface area (Å²) in [5.41, 5.74) is 3.15. The number of anilines is 1. The van der Waals surface area contributed by atoms with Crippen LogP contribution in [-0.2, 0) is 17.8 Å². The highest BCUT2D eigenvalue weighted by molar-refractivity contribution is 7.25. The van der Waals surface area contributed by atoms with Gasteiger partial charge in [-0.2, -0.15) is 0 Å². The van der Waals surface area contributed by atoms with Crippen LogP contribution in [-0.4, -0.2) is 65.0 Å². The maximum atomic E-state index is 9.18. The van der Waals surface area contributed by atoms with Gasteiger partial charge in [0, 0.05) is 17.4 Å². The lowest BCUT2D eigenvalue weighted by atomic mass is 9.95. The van der Waals surface area contributed by atoms with Gasteiger partial charge in [-0.05, 0) is 19.9 Å². The Kier molecular flexibility index (Phi) is 4.46. The second-order valence-electron chi connectivity index (χ2n) is 8.36. The Morgan fingerprint density at radius 3 is 2.89 bits per heavy atom. The third kappa shape index (κ3) is 3.14. The molecule has 2 N–H and O–H groups in total. The number of pyridine rings is 1. The Morgan fingerprint density at radius 1 is 1.29 bits per heavy atom. The predicted molar refractivity (Wildman–Crippen MR) is 110 cm³/mol. The van der Waals surface area contributed by atoms with Crippen molar-refractivity contribution in [2.45, 2.75) is 32.5 Å². The minimum atomic E-state index is -0.161. The van der Waals surface area contributed by atoms with Crippen LogP contribution in [0.1, 0.15) is 25.1 Å². The molecule has 0 atom stereocenters. The lowest BCUT2D eigenvalue weighted by Gasteiger charge is -2.32. The van der Waals surface area contributed by atoms with Gasteiger partial charge in [0.2, 0.25) is 0 Å². The van der Waals surface area contributed by atoms with Gasteiger partial charge in [0.25, 0.3) is 0 Å². The molecular weight excluding hydrogens is 374 g/mol. The Hall–Kier alpha value is -1.87. The Bertz CT molecular complexity index is 1030. The van der Waals surface area contributed by atoms with E-state index in [-0.39, 0.29) is 12.2 Å². The summed E-state index contributed by atoms with van der Waals surface area (Å²) in [6, 6.07) is 2.21. The molecule has 3 aromatic heterocycles. The van der Waals surface area contributed by atoms with Gasteiger partial charge in [0.15, 0.2) is 5.82 Å². The first-order valence-electron chi connectivity index (χ1n) is 9.93. The molecule has 148 valence electrons. The van der Waals surface area contributed by atoms with Crippen LogP contribution in [0, 0.1) is 0 Å². The van der Waals surface area contributed by atoms with E-state index in [9.17, 15) is 5.11 Å². The highest BCUT2D eigenvalue weighted by Crippen LogP contribution is 2.38. The third-order valence-corrected chi connectivity index (χ3v) is 6.93. The predicted octanol–water partition coefficient (Wildman–Crippen LogP) is 0.788. The number of aromatic nitrogens is 3. The normalized spacial score (nSPS) is 20.0. The lowest BCUT2D eigenvalue weighted by molar-refractivity contribution is -0.900. The van der Waals surface area contributed by atoms with E-state index in [2.05, 4.69) is 34.8 Å². The molecule has 1 fully saturated rings. The van der Waals surface area contributed by atoms with E-state index >= 15 is 0 Å². The zero-order chi connectivity index (χ0) is 19.3. The molecule has 5 heterocycles. The largest absolute Gasteiger partial charge is 0.391 e. The van der Waals surface area contributed by atoms with Crippen molar-refractivity contribution >= 4 is 37.6 Å². The van der Waals surface area contributed by atoms with Crippen LogP contribution in [0.15, 0.2) is 12.4 Å². The molecule has 3 aromatic rings. The molecule has 28 heavy (non-hydrogen) atoms. The molecule has 0 saturated carbocycles. The highest BCUT2D eigenvalue weighted by Gasteiger charge is 2.29. The number of nitrogens with one attached hydrogen (secondary N) is 1. The topological polar surface area (TPSA) is 75.8 Å². The SMILES string of the molecule is CC1(C)Cc2nc3sc4c(N5CC[NH+](CCO)CC5)ncnc4c3cc2CO1. The van der Waals surface area contributed by atoms with Gasteiger partial charge in [-0.15, -0.1) is 11.3 Å². The first kappa shape index (κ1) is 18.2. The van der Waals surface area contributed by atoms with Crippen LogP contribution in [0.4, 0.5) is 5.82 Å². The van der Waals surface area contributed by atoms with Gasteiger partial charge >= 0.3 is 0 Å². The number of ether oxygens (including phenoxy) is 1. The number of rotatable bonds is 3. The number of nitrogens with zero attached hydrogens (tertiary/aromatic N) is 4. The van der Waals surface area contributed by atoms with Crippen LogP contribution in [0.2, 0.25) is 0 Å². The zero-order valence-electron chi connectivity index (χ0n) is 16.4. The maximum Gasteiger partial charge on any atom is 0.150 e. The smallest absolute Gasteiger partial charge is 0.150 e. The number of hydrogen-bond donors (Lipinski definition) is 2. The molecule has 0 unspecified atom stereocenters. The number of hydrogen-bond acceptors (Lipinski definition) is 7. The number of fused-ring (bicyclic) bond motifs is 4. The van der Waals surface area contributed by atoms with E-state index in [1.54, 1.807) is 17.7 Å². The molecule has 0 aliphatic carbocycles. The number of thiophene rings is 1. The molecule has 0 radical (unpaired) electrons. The van der Waals surface area contributed by atoms with Crippen LogP contribution >= 0.6 is 11.3 Å². The monoisotopic (exact) mass is 400 g/mol. The zero-order valence-corrected chi connectivity index (χ0v) is 17.2. The van der Waals surface area contributed by atoms with Crippen molar-refractivity contribution in [3.05, 3.63) is 23.7 Å². The minimum absolute atomic E-state index is 0.161. The fourth-order valence-electron chi connectivity index (χ4n) is 4.24. The van der Waals surface area contributed by atoms with Gasteiger partial charge < -0.3 is 19.6 Å². The van der Waals surface area contributed by atoms with E-state index in [4.69, 9.17) is 9.72 Å². The second kappa shape index (κ2) is 6.88. The molecule has 2 aliphatic rings. The van der Waals surface area contributed by atoms with Gasteiger partial charge in [0.1, 0.15) is 17.7 Å². The van der Waals surface area contributed by atoms with E-state index in [0.29, 0.717) is 6.61 Å². The van der Waals surface area contributed by atoms with Crippen LogP contribution in [0.5, 0.6) is 0 Å². The van der Waals surface area contributed by atoms with Crippen LogP contribution in [0.25, 0.3) is 20.4 Å². The average molecular weight is 401 g/mol. The quantitative estimate of drug-likeness (QED) is 0.677. The first-order chi connectivity index (χ1) is 13.5. The highest BCUT2D eigenvalue weighted by atomic mass is 32.1. The summed E-state index contributed by atoms with van der Waals surface area (Å²) in [4.78, 5) is 19.1. The molecule has 0 aromatic carbocycles. The molecule has 0 bridgehead atoms. The second-order valence-corrected chi connectivity index (χ2v) is 9.36. The summed E-state index contributed by atoms with van der Waals surface area (Å²) in [5, 5.41) is 10.3. The molecule has 1 saturated heterocycles. The summed E-state index contributed by atoms with van der Waals surface area (Å²) in [5.74, 6) is 1.02. The number of quaternary nitrogens is 1.